The van der Waals surface area contributed by atoms with Crippen molar-refractivity contribution in [2.75, 3.05) is 5.75 Å². The third kappa shape index (κ3) is 3.67. The van der Waals surface area contributed by atoms with E-state index in [1.165, 1.54) is 17.3 Å². The quantitative estimate of drug-likeness (QED) is 0.826. The van der Waals surface area contributed by atoms with Crippen molar-refractivity contribution in [3.05, 3.63) is 41.7 Å². The zero-order valence-electron chi connectivity index (χ0n) is 12.5. The predicted molar refractivity (Wildman–Crippen MR) is 85.4 cm³/mol. The number of benzene rings is 1. The summed E-state index contributed by atoms with van der Waals surface area (Å²) >= 11 is 1.25. The third-order valence-electron chi connectivity index (χ3n) is 3.28. The van der Waals surface area contributed by atoms with Gasteiger partial charge in [-0.3, -0.25) is 9.36 Å². The van der Waals surface area contributed by atoms with E-state index in [2.05, 4.69) is 42.5 Å². The Balaban J connectivity index is 2.43. The first-order chi connectivity index (χ1) is 10.0. The fourth-order valence-electron chi connectivity index (χ4n) is 2.14. The van der Waals surface area contributed by atoms with Crippen molar-refractivity contribution in [3.63, 3.8) is 0 Å². The van der Waals surface area contributed by atoms with Crippen molar-refractivity contribution in [3.8, 4) is 5.69 Å². The van der Waals surface area contributed by atoms with Crippen LogP contribution in [0.4, 0.5) is 0 Å². The number of imidazole rings is 1. The van der Waals surface area contributed by atoms with Crippen LogP contribution in [0.1, 0.15) is 37.9 Å². The lowest BCUT2D eigenvalue weighted by atomic mass is 10.0. The summed E-state index contributed by atoms with van der Waals surface area (Å²) in [4.78, 5) is 15.2. The van der Waals surface area contributed by atoms with Crippen LogP contribution in [0.25, 0.3) is 5.69 Å². The van der Waals surface area contributed by atoms with Gasteiger partial charge in [-0.1, -0.05) is 44.7 Å². The highest BCUT2D eigenvalue weighted by Gasteiger charge is 2.13. The highest BCUT2D eigenvalue weighted by Crippen LogP contribution is 2.26. The molecule has 2 aromatic rings. The van der Waals surface area contributed by atoms with Gasteiger partial charge in [0.1, 0.15) is 0 Å². The Kier molecular flexibility index (Phi) is 5.07. The second-order valence-electron chi connectivity index (χ2n) is 5.15. The number of carbonyl (C=O) groups is 1. The molecule has 0 radical (unpaired) electrons. The number of nitrogens with zero attached hydrogens (tertiary/aromatic N) is 2. The number of aryl methyl sites for hydroxylation is 1. The summed E-state index contributed by atoms with van der Waals surface area (Å²) in [5.74, 6) is -0.360. The maximum atomic E-state index is 10.8. The van der Waals surface area contributed by atoms with Crippen LogP contribution in [0, 0.1) is 0 Å². The number of hydrogen-bond acceptors (Lipinski definition) is 3. The van der Waals surface area contributed by atoms with E-state index >= 15 is 0 Å². The van der Waals surface area contributed by atoms with Gasteiger partial charge in [0.2, 0.25) is 0 Å². The van der Waals surface area contributed by atoms with Crippen LogP contribution < -0.4 is 0 Å². The fraction of sp³-hybridized carbons (Fsp3) is 0.375. The Hall–Kier alpha value is -1.75. The molecule has 0 bridgehead atoms. The number of thioether (sulfide) groups is 1. The largest absolute Gasteiger partial charge is 0.481 e. The molecular formula is C16H20N2O2S. The van der Waals surface area contributed by atoms with Crippen molar-refractivity contribution in [2.45, 2.75) is 38.3 Å². The first kappa shape index (κ1) is 15.6. The number of rotatable bonds is 6. The first-order valence-corrected chi connectivity index (χ1v) is 8.03. The van der Waals surface area contributed by atoms with E-state index in [4.69, 9.17) is 5.11 Å². The second-order valence-corrected chi connectivity index (χ2v) is 6.10. The maximum Gasteiger partial charge on any atom is 0.313 e. The number of carboxylic acids is 1. The zero-order valence-corrected chi connectivity index (χ0v) is 13.4. The van der Waals surface area contributed by atoms with Gasteiger partial charge < -0.3 is 5.11 Å². The summed E-state index contributed by atoms with van der Waals surface area (Å²) in [6.07, 6.45) is 2.68. The lowest BCUT2D eigenvalue weighted by Gasteiger charge is -2.13. The molecule has 1 heterocycles. The Morgan fingerprint density at radius 3 is 2.81 bits per heavy atom. The van der Waals surface area contributed by atoms with E-state index in [1.54, 1.807) is 0 Å². The summed E-state index contributed by atoms with van der Waals surface area (Å²) in [5.41, 5.74) is 3.39. The SMILES string of the molecule is CCc1cnc(SCC(=O)O)n1-c1cccc(C(C)C)c1. The topological polar surface area (TPSA) is 55.1 Å². The summed E-state index contributed by atoms with van der Waals surface area (Å²) in [6, 6.07) is 8.34. The molecule has 0 atom stereocenters. The normalized spacial score (nSPS) is 11.0. The highest BCUT2D eigenvalue weighted by molar-refractivity contribution is 7.99. The van der Waals surface area contributed by atoms with Gasteiger partial charge in [-0.05, 0) is 30.0 Å². The van der Waals surface area contributed by atoms with Crippen LogP contribution in [0.5, 0.6) is 0 Å². The Morgan fingerprint density at radius 2 is 2.19 bits per heavy atom. The monoisotopic (exact) mass is 304 g/mol. The van der Waals surface area contributed by atoms with Crippen LogP contribution in [0.2, 0.25) is 0 Å². The fourth-order valence-corrected chi connectivity index (χ4v) is 2.88. The molecule has 1 aromatic heterocycles. The molecule has 0 spiro atoms. The average Bonchev–Trinajstić information content (AvgIpc) is 2.88. The van der Waals surface area contributed by atoms with Crippen molar-refractivity contribution in [2.24, 2.45) is 0 Å². The van der Waals surface area contributed by atoms with Gasteiger partial charge in [-0.15, -0.1) is 0 Å². The molecule has 0 aliphatic rings. The molecule has 21 heavy (non-hydrogen) atoms. The third-order valence-corrected chi connectivity index (χ3v) is 4.22. The van der Waals surface area contributed by atoms with Gasteiger partial charge in [0.25, 0.3) is 0 Å². The molecule has 5 heteroatoms. The molecule has 0 aliphatic heterocycles. The molecule has 4 nitrogen and oxygen atoms in total. The van der Waals surface area contributed by atoms with E-state index in [0.29, 0.717) is 5.92 Å². The number of aliphatic carboxylic acids is 1. The molecule has 112 valence electrons. The number of carboxylic acid groups (broad SMARTS) is 1. The molecular weight excluding hydrogens is 284 g/mol. The molecule has 1 aromatic carbocycles. The summed E-state index contributed by atoms with van der Waals surface area (Å²) < 4.78 is 2.06. The van der Waals surface area contributed by atoms with E-state index in [-0.39, 0.29) is 5.75 Å². The van der Waals surface area contributed by atoms with E-state index in [0.717, 1.165) is 23.0 Å². The van der Waals surface area contributed by atoms with Crippen molar-refractivity contribution in [1.29, 1.82) is 0 Å². The van der Waals surface area contributed by atoms with Gasteiger partial charge in [0.05, 0.1) is 5.75 Å². The minimum Gasteiger partial charge on any atom is -0.481 e. The summed E-state index contributed by atoms with van der Waals surface area (Å²) in [6.45, 7) is 6.40. The van der Waals surface area contributed by atoms with Gasteiger partial charge in [0, 0.05) is 17.6 Å². The number of aromatic nitrogens is 2. The molecule has 0 aliphatic carbocycles. The zero-order chi connectivity index (χ0) is 15.4. The Bertz CT molecular complexity index is 635. The van der Waals surface area contributed by atoms with E-state index < -0.39 is 5.97 Å². The van der Waals surface area contributed by atoms with Crippen molar-refractivity contribution >= 4 is 17.7 Å². The summed E-state index contributed by atoms with van der Waals surface area (Å²) in [7, 11) is 0. The van der Waals surface area contributed by atoms with Gasteiger partial charge in [-0.25, -0.2) is 4.98 Å². The van der Waals surface area contributed by atoms with E-state index in [1.807, 2.05) is 18.3 Å². The van der Waals surface area contributed by atoms with Crippen molar-refractivity contribution < 1.29 is 9.90 Å². The maximum absolute atomic E-state index is 10.8. The van der Waals surface area contributed by atoms with Gasteiger partial charge >= 0.3 is 5.97 Å². The van der Waals surface area contributed by atoms with Crippen LogP contribution in [0.3, 0.4) is 0 Å². The average molecular weight is 304 g/mol. The van der Waals surface area contributed by atoms with Crippen LogP contribution in [0.15, 0.2) is 35.6 Å². The predicted octanol–water partition coefficient (Wildman–Crippen LogP) is 3.73. The smallest absolute Gasteiger partial charge is 0.313 e. The molecule has 0 unspecified atom stereocenters. The first-order valence-electron chi connectivity index (χ1n) is 7.04. The molecule has 1 N–H and O–H groups in total. The van der Waals surface area contributed by atoms with Crippen LogP contribution in [-0.4, -0.2) is 26.4 Å². The molecule has 0 fully saturated rings. The highest BCUT2D eigenvalue weighted by atomic mass is 32.2. The lowest BCUT2D eigenvalue weighted by molar-refractivity contribution is -0.133. The molecule has 0 amide bonds. The van der Waals surface area contributed by atoms with Gasteiger partial charge in [-0.2, -0.15) is 0 Å². The van der Waals surface area contributed by atoms with Gasteiger partial charge in [0.15, 0.2) is 5.16 Å². The van der Waals surface area contributed by atoms with Crippen molar-refractivity contribution in [1.82, 2.24) is 9.55 Å². The van der Waals surface area contributed by atoms with E-state index in [9.17, 15) is 4.79 Å². The molecule has 0 saturated carbocycles. The lowest BCUT2D eigenvalue weighted by Crippen LogP contribution is -2.04. The second kappa shape index (κ2) is 6.80. The molecule has 2 rings (SSSR count). The Morgan fingerprint density at radius 1 is 1.43 bits per heavy atom. The minimum absolute atomic E-state index is 0.0179. The Labute approximate surface area is 129 Å². The standard InChI is InChI=1S/C16H20N2O2S/c1-4-13-9-17-16(21-10-15(19)20)18(13)14-7-5-6-12(8-14)11(2)3/h5-9,11H,4,10H2,1-3H3,(H,19,20). The molecule has 0 saturated heterocycles. The summed E-state index contributed by atoms with van der Waals surface area (Å²) in [5, 5.41) is 9.59. The number of hydrogen-bond donors (Lipinski definition) is 1. The minimum atomic E-state index is -0.830. The van der Waals surface area contributed by atoms with Crippen LogP contribution in [-0.2, 0) is 11.2 Å². The van der Waals surface area contributed by atoms with Crippen LogP contribution >= 0.6 is 11.8 Å².